The number of rotatable bonds is 3. The number of hydrogen-bond donors (Lipinski definition) is 3. The number of aromatic amines is 1. The van der Waals surface area contributed by atoms with Gasteiger partial charge in [0, 0.05) is 22.1 Å². The van der Waals surface area contributed by atoms with Crippen LogP contribution in [0.1, 0.15) is 18.0 Å². The molecular formula is C11H11BrN2O2. The van der Waals surface area contributed by atoms with E-state index in [0.717, 1.165) is 20.9 Å². The second-order valence-corrected chi connectivity index (χ2v) is 4.47. The Morgan fingerprint density at radius 3 is 3.00 bits per heavy atom. The highest BCUT2D eigenvalue weighted by atomic mass is 79.9. The molecule has 0 spiro atoms. The van der Waals surface area contributed by atoms with Gasteiger partial charge in [0.25, 0.3) is 0 Å². The first kappa shape index (κ1) is 11.2. The summed E-state index contributed by atoms with van der Waals surface area (Å²) in [7, 11) is 0. The predicted molar refractivity (Wildman–Crippen MR) is 65.2 cm³/mol. The fourth-order valence-corrected chi connectivity index (χ4v) is 2.20. The number of benzene rings is 1. The molecule has 0 saturated carbocycles. The van der Waals surface area contributed by atoms with Crippen LogP contribution >= 0.6 is 15.9 Å². The first-order valence-electron chi connectivity index (χ1n) is 4.82. The highest BCUT2D eigenvalue weighted by Gasteiger charge is 2.14. The lowest BCUT2D eigenvalue weighted by molar-refractivity contribution is -0.137. The van der Waals surface area contributed by atoms with Crippen molar-refractivity contribution < 1.29 is 9.90 Å². The number of halogens is 1. The molecule has 1 heterocycles. The number of H-pyrrole nitrogens is 1. The Morgan fingerprint density at radius 1 is 1.56 bits per heavy atom. The van der Waals surface area contributed by atoms with Crippen LogP contribution in [0.5, 0.6) is 0 Å². The van der Waals surface area contributed by atoms with Crippen LogP contribution in [0.2, 0.25) is 0 Å². The molecule has 4 nitrogen and oxygen atoms in total. The van der Waals surface area contributed by atoms with Gasteiger partial charge in [0.15, 0.2) is 0 Å². The van der Waals surface area contributed by atoms with E-state index in [1.54, 1.807) is 0 Å². The van der Waals surface area contributed by atoms with Gasteiger partial charge < -0.3 is 15.8 Å². The van der Waals surface area contributed by atoms with Crippen LogP contribution < -0.4 is 5.73 Å². The number of fused-ring (bicyclic) bond motifs is 1. The first-order valence-corrected chi connectivity index (χ1v) is 5.61. The van der Waals surface area contributed by atoms with Gasteiger partial charge in [-0.1, -0.05) is 18.2 Å². The quantitative estimate of drug-likeness (QED) is 0.809. The second-order valence-electron chi connectivity index (χ2n) is 3.61. The molecule has 0 aliphatic carbocycles. The van der Waals surface area contributed by atoms with Crippen molar-refractivity contribution >= 4 is 32.8 Å². The molecule has 1 aromatic heterocycles. The summed E-state index contributed by atoms with van der Waals surface area (Å²) in [5.41, 5.74) is 7.57. The van der Waals surface area contributed by atoms with Gasteiger partial charge in [0.1, 0.15) is 0 Å². The molecule has 5 heteroatoms. The molecule has 0 aliphatic heterocycles. The molecule has 4 N–H and O–H groups in total. The molecule has 0 bridgehead atoms. The molecule has 0 aliphatic rings. The maximum atomic E-state index is 10.6. The van der Waals surface area contributed by atoms with Crippen LogP contribution in [0.15, 0.2) is 28.9 Å². The SMILES string of the molecule is NC(CC(=O)O)c1cccc2c(Br)c[nH]c12. The summed E-state index contributed by atoms with van der Waals surface area (Å²) in [6, 6.07) is 5.18. The number of aromatic nitrogens is 1. The first-order chi connectivity index (χ1) is 7.59. The van der Waals surface area contributed by atoms with Crippen LogP contribution in [0.3, 0.4) is 0 Å². The van der Waals surface area contributed by atoms with Gasteiger partial charge in [0.2, 0.25) is 0 Å². The summed E-state index contributed by atoms with van der Waals surface area (Å²) in [5, 5.41) is 9.74. The lowest BCUT2D eigenvalue weighted by atomic mass is 10.0. The van der Waals surface area contributed by atoms with Gasteiger partial charge in [-0.2, -0.15) is 0 Å². The molecule has 1 unspecified atom stereocenters. The van der Waals surface area contributed by atoms with E-state index in [-0.39, 0.29) is 6.42 Å². The zero-order valence-corrected chi connectivity index (χ0v) is 9.99. The summed E-state index contributed by atoms with van der Waals surface area (Å²) in [5.74, 6) is -0.893. The van der Waals surface area contributed by atoms with Crippen molar-refractivity contribution in [3.8, 4) is 0 Å². The van der Waals surface area contributed by atoms with Gasteiger partial charge in [0.05, 0.1) is 11.9 Å². The Kier molecular flexibility index (Phi) is 2.98. The van der Waals surface area contributed by atoms with Gasteiger partial charge in [-0.15, -0.1) is 0 Å². The maximum absolute atomic E-state index is 10.6. The van der Waals surface area contributed by atoms with E-state index < -0.39 is 12.0 Å². The molecule has 16 heavy (non-hydrogen) atoms. The molecule has 0 radical (unpaired) electrons. The van der Waals surface area contributed by atoms with Gasteiger partial charge >= 0.3 is 5.97 Å². The fourth-order valence-electron chi connectivity index (χ4n) is 1.75. The van der Waals surface area contributed by atoms with Crippen LogP contribution in [-0.2, 0) is 4.79 Å². The maximum Gasteiger partial charge on any atom is 0.305 e. The normalized spacial score (nSPS) is 12.9. The Balaban J connectivity index is 2.48. The topological polar surface area (TPSA) is 79.1 Å². The molecule has 0 saturated heterocycles. The summed E-state index contributed by atoms with van der Waals surface area (Å²) >= 11 is 3.41. The Morgan fingerprint density at radius 2 is 2.31 bits per heavy atom. The minimum absolute atomic E-state index is 0.0737. The van der Waals surface area contributed by atoms with Crippen molar-refractivity contribution in [1.82, 2.24) is 4.98 Å². The van der Waals surface area contributed by atoms with E-state index in [1.165, 1.54) is 0 Å². The largest absolute Gasteiger partial charge is 0.481 e. The number of nitrogens with two attached hydrogens (primary N) is 1. The van der Waals surface area contributed by atoms with Gasteiger partial charge in [-0.3, -0.25) is 4.79 Å². The van der Waals surface area contributed by atoms with E-state index >= 15 is 0 Å². The molecule has 1 atom stereocenters. The lowest BCUT2D eigenvalue weighted by Crippen LogP contribution is -2.15. The smallest absolute Gasteiger partial charge is 0.305 e. The third-order valence-electron chi connectivity index (χ3n) is 2.49. The van der Waals surface area contributed by atoms with Crippen molar-refractivity contribution in [3.05, 3.63) is 34.4 Å². The van der Waals surface area contributed by atoms with Crippen molar-refractivity contribution in [2.75, 3.05) is 0 Å². The third kappa shape index (κ3) is 1.96. The number of aliphatic carboxylic acids is 1. The number of carboxylic acids is 1. The molecule has 1 aromatic carbocycles. The van der Waals surface area contributed by atoms with Crippen molar-refractivity contribution in [1.29, 1.82) is 0 Å². The average Bonchev–Trinajstić information content (AvgIpc) is 2.59. The average molecular weight is 283 g/mol. The Hall–Kier alpha value is -1.33. The molecular weight excluding hydrogens is 272 g/mol. The molecule has 2 rings (SSSR count). The standard InChI is InChI=1S/C11H11BrN2O2/c12-8-5-14-11-6(8)2-1-3-7(11)9(13)4-10(15)16/h1-3,5,9,14H,4,13H2,(H,15,16). The number of nitrogens with one attached hydrogen (secondary N) is 1. The minimum Gasteiger partial charge on any atom is -0.481 e. The molecule has 2 aromatic rings. The van der Waals surface area contributed by atoms with Crippen molar-refractivity contribution in [2.45, 2.75) is 12.5 Å². The summed E-state index contributed by atoms with van der Waals surface area (Å²) in [4.78, 5) is 13.7. The highest BCUT2D eigenvalue weighted by molar-refractivity contribution is 9.10. The van der Waals surface area contributed by atoms with Crippen molar-refractivity contribution in [3.63, 3.8) is 0 Å². The van der Waals surface area contributed by atoms with Crippen LogP contribution in [0, 0.1) is 0 Å². The number of carboxylic acid groups (broad SMARTS) is 1. The summed E-state index contributed by atoms with van der Waals surface area (Å²) in [6.07, 6.45) is 1.75. The predicted octanol–water partition coefficient (Wildman–Crippen LogP) is 2.40. The number of carbonyl (C=O) groups is 1. The van der Waals surface area contributed by atoms with Crippen LogP contribution in [0.4, 0.5) is 0 Å². The van der Waals surface area contributed by atoms with E-state index in [4.69, 9.17) is 10.8 Å². The minimum atomic E-state index is -0.893. The Bertz CT molecular complexity index is 536. The Labute approximate surface area is 101 Å². The zero-order chi connectivity index (χ0) is 11.7. The van der Waals surface area contributed by atoms with E-state index in [2.05, 4.69) is 20.9 Å². The van der Waals surface area contributed by atoms with Crippen LogP contribution in [-0.4, -0.2) is 16.1 Å². The van der Waals surface area contributed by atoms with Gasteiger partial charge in [-0.25, -0.2) is 0 Å². The second kappa shape index (κ2) is 4.27. The monoisotopic (exact) mass is 282 g/mol. The summed E-state index contributed by atoms with van der Waals surface area (Å²) in [6.45, 7) is 0. The van der Waals surface area contributed by atoms with Gasteiger partial charge in [-0.05, 0) is 21.5 Å². The third-order valence-corrected chi connectivity index (χ3v) is 3.15. The number of hydrogen-bond acceptors (Lipinski definition) is 2. The fraction of sp³-hybridized carbons (Fsp3) is 0.182. The lowest BCUT2D eigenvalue weighted by Gasteiger charge is -2.10. The number of para-hydroxylation sites is 1. The van der Waals surface area contributed by atoms with Crippen LogP contribution in [0.25, 0.3) is 10.9 Å². The molecule has 0 amide bonds. The summed E-state index contributed by atoms with van der Waals surface area (Å²) < 4.78 is 0.951. The highest BCUT2D eigenvalue weighted by Crippen LogP contribution is 2.29. The van der Waals surface area contributed by atoms with E-state index in [9.17, 15) is 4.79 Å². The van der Waals surface area contributed by atoms with Crippen molar-refractivity contribution in [2.24, 2.45) is 5.73 Å². The zero-order valence-electron chi connectivity index (χ0n) is 8.40. The molecule has 0 fully saturated rings. The van der Waals surface area contributed by atoms with E-state index in [0.29, 0.717) is 0 Å². The molecule has 84 valence electrons. The van der Waals surface area contributed by atoms with E-state index in [1.807, 2.05) is 24.4 Å².